The van der Waals surface area contributed by atoms with Crippen LogP contribution in [-0.4, -0.2) is 4.98 Å². The Hall–Kier alpha value is -1.27. The molecule has 1 aromatic rings. The van der Waals surface area contributed by atoms with Gasteiger partial charge in [-0.2, -0.15) is 5.26 Å². The van der Waals surface area contributed by atoms with Crippen molar-refractivity contribution >= 4 is 0 Å². The van der Waals surface area contributed by atoms with Crippen LogP contribution in [0.1, 0.15) is 23.7 Å². The molecule has 11 heavy (non-hydrogen) atoms. The van der Waals surface area contributed by atoms with Gasteiger partial charge in [0.05, 0.1) is 18.5 Å². The van der Waals surface area contributed by atoms with Crippen molar-refractivity contribution in [3.63, 3.8) is 0 Å². The van der Waals surface area contributed by atoms with Crippen molar-refractivity contribution in [1.29, 1.82) is 5.26 Å². The second-order valence-electron chi connectivity index (χ2n) is 2.54. The van der Waals surface area contributed by atoms with Crippen LogP contribution >= 0.6 is 0 Å². The Balaban J connectivity index is 2.77. The molecule has 0 aliphatic rings. The van der Waals surface area contributed by atoms with Crippen molar-refractivity contribution in [1.82, 2.24) is 4.98 Å². The number of nitrogens with one attached hydrogen (secondary N) is 1. The molecule has 3 heteroatoms. The summed E-state index contributed by atoms with van der Waals surface area (Å²) in [5.41, 5.74) is 7.78. The molecule has 0 saturated heterocycles. The fraction of sp³-hybridized carbons (Fsp3) is 0.375. The normalized spacial score (nSPS) is 12.5. The van der Waals surface area contributed by atoms with Gasteiger partial charge in [0.25, 0.3) is 0 Å². The average Bonchev–Trinajstić information content (AvgIpc) is 2.36. The van der Waals surface area contributed by atoms with E-state index in [1.807, 2.05) is 25.3 Å². The lowest BCUT2D eigenvalue weighted by molar-refractivity contribution is 0.720. The van der Waals surface area contributed by atoms with Crippen LogP contribution in [0.25, 0.3) is 0 Å². The first kappa shape index (κ1) is 7.83. The summed E-state index contributed by atoms with van der Waals surface area (Å²) in [4.78, 5) is 3.01. The van der Waals surface area contributed by atoms with E-state index in [4.69, 9.17) is 11.0 Å². The van der Waals surface area contributed by atoms with Gasteiger partial charge in [-0.1, -0.05) is 0 Å². The predicted molar refractivity (Wildman–Crippen MR) is 42.7 cm³/mol. The lowest BCUT2D eigenvalue weighted by Crippen LogP contribution is -2.10. The van der Waals surface area contributed by atoms with Crippen LogP contribution < -0.4 is 5.73 Å². The lowest BCUT2D eigenvalue weighted by atomic mass is 10.1. The zero-order valence-electron chi connectivity index (χ0n) is 6.46. The maximum absolute atomic E-state index is 8.38. The minimum absolute atomic E-state index is 0.171. The number of hydrogen-bond acceptors (Lipinski definition) is 2. The molecule has 58 valence electrons. The number of nitrogens with two attached hydrogens (primary N) is 1. The van der Waals surface area contributed by atoms with Crippen molar-refractivity contribution in [2.45, 2.75) is 19.4 Å². The minimum Gasteiger partial charge on any atom is -0.363 e. The number of nitriles is 1. The molecule has 1 atom stereocenters. The topological polar surface area (TPSA) is 65.6 Å². The van der Waals surface area contributed by atoms with E-state index in [0.717, 1.165) is 11.3 Å². The third-order valence-corrected chi connectivity index (χ3v) is 1.68. The molecular formula is C8H11N3. The van der Waals surface area contributed by atoms with Gasteiger partial charge in [-0.15, -0.1) is 0 Å². The van der Waals surface area contributed by atoms with E-state index in [2.05, 4.69) is 4.98 Å². The maximum Gasteiger partial charge on any atom is 0.0642 e. The van der Waals surface area contributed by atoms with E-state index in [9.17, 15) is 0 Å². The number of aryl methyl sites for hydroxylation is 1. The highest BCUT2D eigenvalue weighted by Crippen LogP contribution is 2.14. The summed E-state index contributed by atoms with van der Waals surface area (Å²) < 4.78 is 0. The van der Waals surface area contributed by atoms with Crippen LogP contribution in [0.4, 0.5) is 0 Å². The summed E-state index contributed by atoms with van der Waals surface area (Å²) in [5, 5.41) is 8.38. The molecule has 0 bridgehead atoms. The summed E-state index contributed by atoms with van der Waals surface area (Å²) in [7, 11) is 0. The SMILES string of the molecule is Cc1cc[nH]c1[C@H](N)CC#N. The number of H-pyrrole nitrogens is 1. The summed E-state index contributed by atoms with van der Waals surface area (Å²) in [5.74, 6) is 0. The second-order valence-corrected chi connectivity index (χ2v) is 2.54. The Morgan fingerprint density at radius 2 is 2.55 bits per heavy atom. The fourth-order valence-electron chi connectivity index (χ4n) is 1.06. The van der Waals surface area contributed by atoms with Gasteiger partial charge in [0, 0.05) is 11.9 Å². The lowest BCUT2D eigenvalue weighted by Gasteiger charge is -2.05. The van der Waals surface area contributed by atoms with Gasteiger partial charge < -0.3 is 10.7 Å². The highest BCUT2D eigenvalue weighted by Gasteiger charge is 2.08. The van der Waals surface area contributed by atoms with Crippen molar-refractivity contribution in [2.24, 2.45) is 5.73 Å². The van der Waals surface area contributed by atoms with Crippen LogP contribution in [0.15, 0.2) is 12.3 Å². The molecule has 1 rings (SSSR count). The third-order valence-electron chi connectivity index (χ3n) is 1.68. The number of hydrogen-bond donors (Lipinski definition) is 2. The van der Waals surface area contributed by atoms with Crippen molar-refractivity contribution in [3.05, 3.63) is 23.5 Å². The van der Waals surface area contributed by atoms with Gasteiger partial charge in [-0.05, 0) is 18.6 Å². The van der Waals surface area contributed by atoms with E-state index in [0.29, 0.717) is 6.42 Å². The maximum atomic E-state index is 8.38. The number of aromatic nitrogens is 1. The standard InChI is InChI=1S/C8H11N3/c1-6-3-5-11-8(6)7(10)2-4-9/h3,5,7,11H,2,10H2,1H3/t7-/m1/s1. The molecule has 0 amide bonds. The molecule has 0 unspecified atom stereocenters. The minimum atomic E-state index is -0.171. The molecule has 0 aliphatic carbocycles. The van der Waals surface area contributed by atoms with Crippen LogP contribution in [0.2, 0.25) is 0 Å². The van der Waals surface area contributed by atoms with Gasteiger partial charge in [0.1, 0.15) is 0 Å². The molecule has 0 fully saturated rings. The fourth-order valence-corrected chi connectivity index (χ4v) is 1.06. The monoisotopic (exact) mass is 149 g/mol. The van der Waals surface area contributed by atoms with Crippen molar-refractivity contribution in [3.8, 4) is 6.07 Å². The van der Waals surface area contributed by atoms with Gasteiger partial charge in [0.2, 0.25) is 0 Å². The molecule has 0 aromatic carbocycles. The Bertz CT molecular complexity index is 269. The summed E-state index contributed by atoms with van der Waals surface area (Å²) in [6, 6.07) is 3.82. The zero-order chi connectivity index (χ0) is 8.27. The molecular weight excluding hydrogens is 138 g/mol. The highest BCUT2D eigenvalue weighted by molar-refractivity contribution is 5.22. The first-order valence-corrected chi connectivity index (χ1v) is 3.52. The van der Waals surface area contributed by atoms with Crippen LogP contribution in [0, 0.1) is 18.3 Å². The number of nitrogens with zero attached hydrogens (tertiary/aromatic N) is 1. The average molecular weight is 149 g/mol. The quantitative estimate of drug-likeness (QED) is 0.664. The van der Waals surface area contributed by atoms with E-state index >= 15 is 0 Å². The third kappa shape index (κ3) is 1.60. The molecule has 3 N–H and O–H groups in total. The second kappa shape index (κ2) is 3.22. The molecule has 0 radical (unpaired) electrons. The van der Waals surface area contributed by atoms with Crippen LogP contribution in [-0.2, 0) is 0 Å². The van der Waals surface area contributed by atoms with Crippen molar-refractivity contribution < 1.29 is 0 Å². The van der Waals surface area contributed by atoms with Gasteiger partial charge >= 0.3 is 0 Å². The molecule has 0 aliphatic heterocycles. The Labute approximate surface area is 65.8 Å². The molecule has 3 nitrogen and oxygen atoms in total. The Morgan fingerprint density at radius 3 is 3.00 bits per heavy atom. The zero-order valence-corrected chi connectivity index (χ0v) is 6.46. The van der Waals surface area contributed by atoms with E-state index in [-0.39, 0.29) is 6.04 Å². The first-order valence-electron chi connectivity index (χ1n) is 3.52. The van der Waals surface area contributed by atoms with E-state index in [1.54, 1.807) is 0 Å². The summed E-state index contributed by atoms with van der Waals surface area (Å²) in [6.07, 6.45) is 2.20. The molecule has 0 saturated carbocycles. The first-order chi connectivity index (χ1) is 5.25. The smallest absolute Gasteiger partial charge is 0.0642 e. The summed E-state index contributed by atoms with van der Waals surface area (Å²) >= 11 is 0. The van der Waals surface area contributed by atoms with E-state index in [1.165, 1.54) is 0 Å². The summed E-state index contributed by atoms with van der Waals surface area (Å²) in [6.45, 7) is 1.98. The molecule has 1 heterocycles. The molecule has 1 aromatic heterocycles. The number of rotatable bonds is 2. The van der Waals surface area contributed by atoms with Gasteiger partial charge in [-0.25, -0.2) is 0 Å². The van der Waals surface area contributed by atoms with Crippen LogP contribution in [0.5, 0.6) is 0 Å². The largest absolute Gasteiger partial charge is 0.363 e. The van der Waals surface area contributed by atoms with Gasteiger partial charge in [-0.3, -0.25) is 0 Å². The predicted octanol–water partition coefficient (Wildman–Crippen LogP) is 1.24. The Morgan fingerprint density at radius 1 is 1.82 bits per heavy atom. The van der Waals surface area contributed by atoms with Gasteiger partial charge in [0.15, 0.2) is 0 Å². The Kier molecular flexibility index (Phi) is 2.29. The highest BCUT2D eigenvalue weighted by atomic mass is 14.8. The molecule has 0 spiro atoms. The van der Waals surface area contributed by atoms with Crippen LogP contribution in [0.3, 0.4) is 0 Å². The van der Waals surface area contributed by atoms with Crippen molar-refractivity contribution in [2.75, 3.05) is 0 Å². The number of aromatic amines is 1. The van der Waals surface area contributed by atoms with E-state index < -0.39 is 0 Å².